The number of rotatable bonds is 4. The summed E-state index contributed by atoms with van der Waals surface area (Å²) in [7, 11) is 0. The van der Waals surface area contributed by atoms with Crippen molar-refractivity contribution < 1.29 is 14.2 Å². The summed E-state index contributed by atoms with van der Waals surface area (Å²) in [6.45, 7) is 7.19. The molecular formula is C8H14O3. The summed E-state index contributed by atoms with van der Waals surface area (Å²) in [4.78, 5) is 0. The second-order valence-corrected chi connectivity index (χ2v) is 3.97. The van der Waals surface area contributed by atoms with Gasteiger partial charge in [0.05, 0.1) is 26.4 Å². The predicted octanol–water partition coefficient (Wildman–Crippen LogP) is 0.581. The van der Waals surface area contributed by atoms with E-state index in [4.69, 9.17) is 14.2 Å². The molecule has 3 nitrogen and oxygen atoms in total. The highest BCUT2D eigenvalue weighted by molar-refractivity contribution is 4.89. The summed E-state index contributed by atoms with van der Waals surface area (Å²) in [5, 5.41) is 0. The topological polar surface area (TPSA) is 34.3 Å². The molecule has 2 rings (SSSR count). The summed E-state index contributed by atoms with van der Waals surface area (Å²) in [5.41, 5.74) is 0.0382. The minimum absolute atomic E-state index is 0.0191. The number of epoxide rings is 2. The van der Waals surface area contributed by atoms with Gasteiger partial charge in [0.15, 0.2) is 0 Å². The Hall–Kier alpha value is -0.120. The van der Waals surface area contributed by atoms with Gasteiger partial charge in [-0.1, -0.05) is 0 Å². The molecule has 0 aromatic rings. The average Bonchev–Trinajstić information content (AvgIpc) is 2.78. The fraction of sp³-hybridized carbons (Fsp3) is 1.00. The van der Waals surface area contributed by atoms with E-state index in [2.05, 4.69) is 13.8 Å². The van der Waals surface area contributed by atoms with Crippen LogP contribution in [0.3, 0.4) is 0 Å². The summed E-state index contributed by atoms with van der Waals surface area (Å²) in [5.74, 6) is 0. The van der Waals surface area contributed by atoms with E-state index in [9.17, 15) is 0 Å². The smallest absolute Gasteiger partial charge is 0.112 e. The van der Waals surface area contributed by atoms with Crippen molar-refractivity contribution in [1.29, 1.82) is 0 Å². The van der Waals surface area contributed by atoms with Crippen molar-refractivity contribution in [1.82, 2.24) is 0 Å². The van der Waals surface area contributed by atoms with Gasteiger partial charge in [-0.15, -0.1) is 0 Å². The predicted molar refractivity (Wildman–Crippen MR) is 39.5 cm³/mol. The maximum absolute atomic E-state index is 5.44. The first-order chi connectivity index (χ1) is 5.12. The van der Waals surface area contributed by atoms with E-state index in [0.717, 1.165) is 13.2 Å². The van der Waals surface area contributed by atoms with Gasteiger partial charge in [-0.3, -0.25) is 0 Å². The molecule has 0 N–H and O–H groups in total. The molecule has 11 heavy (non-hydrogen) atoms. The lowest BCUT2D eigenvalue weighted by Gasteiger charge is -2.08. The summed E-state index contributed by atoms with van der Waals surface area (Å²) >= 11 is 0. The molecule has 0 unspecified atom stereocenters. The zero-order chi connectivity index (χ0) is 7.95. The van der Waals surface area contributed by atoms with Gasteiger partial charge in [0.25, 0.3) is 0 Å². The maximum Gasteiger partial charge on any atom is 0.112 e. The average molecular weight is 158 g/mol. The summed E-state index contributed by atoms with van der Waals surface area (Å²) < 4.78 is 15.8. The minimum atomic E-state index is 0.0191. The molecule has 2 heterocycles. The van der Waals surface area contributed by atoms with Gasteiger partial charge in [0.2, 0.25) is 0 Å². The number of hydrogen-bond acceptors (Lipinski definition) is 3. The third kappa shape index (κ3) is 1.92. The van der Waals surface area contributed by atoms with Crippen molar-refractivity contribution in [2.45, 2.75) is 25.0 Å². The lowest BCUT2D eigenvalue weighted by atomic mass is 10.2. The molecule has 0 aromatic carbocycles. The Labute approximate surface area is 66.6 Å². The summed E-state index contributed by atoms with van der Waals surface area (Å²) in [6.07, 6.45) is 0. The SMILES string of the molecule is C[C@]1(COC[C@@]2(C)CO2)CO1. The molecule has 2 aliphatic rings. The van der Waals surface area contributed by atoms with Crippen LogP contribution in [0.2, 0.25) is 0 Å². The van der Waals surface area contributed by atoms with E-state index in [1.54, 1.807) is 0 Å². The van der Waals surface area contributed by atoms with Crippen LogP contribution in [-0.2, 0) is 14.2 Å². The molecule has 0 spiro atoms. The van der Waals surface area contributed by atoms with E-state index in [-0.39, 0.29) is 11.2 Å². The van der Waals surface area contributed by atoms with Crippen LogP contribution in [0.25, 0.3) is 0 Å². The van der Waals surface area contributed by atoms with Gasteiger partial charge in [-0.2, -0.15) is 0 Å². The third-order valence-electron chi connectivity index (χ3n) is 2.09. The molecule has 2 atom stereocenters. The van der Waals surface area contributed by atoms with Crippen LogP contribution in [-0.4, -0.2) is 37.6 Å². The second-order valence-electron chi connectivity index (χ2n) is 3.97. The van der Waals surface area contributed by atoms with Crippen LogP contribution in [0, 0.1) is 0 Å². The van der Waals surface area contributed by atoms with Crippen molar-refractivity contribution in [3.63, 3.8) is 0 Å². The van der Waals surface area contributed by atoms with E-state index in [0.29, 0.717) is 13.2 Å². The van der Waals surface area contributed by atoms with Crippen LogP contribution in [0.5, 0.6) is 0 Å². The zero-order valence-electron chi connectivity index (χ0n) is 7.05. The number of ether oxygens (including phenoxy) is 3. The molecule has 0 aliphatic carbocycles. The molecule has 2 aliphatic heterocycles. The van der Waals surface area contributed by atoms with Crippen LogP contribution in [0.4, 0.5) is 0 Å². The highest BCUT2D eigenvalue weighted by Gasteiger charge is 2.43. The van der Waals surface area contributed by atoms with Gasteiger partial charge < -0.3 is 14.2 Å². The molecule has 2 saturated heterocycles. The van der Waals surface area contributed by atoms with Crippen LogP contribution in [0.1, 0.15) is 13.8 Å². The largest absolute Gasteiger partial charge is 0.375 e. The Morgan fingerprint density at radius 2 is 1.45 bits per heavy atom. The molecule has 0 aromatic heterocycles. The first-order valence-electron chi connectivity index (χ1n) is 3.98. The van der Waals surface area contributed by atoms with Gasteiger partial charge >= 0.3 is 0 Å². The van der Waals surface area contributed by atoms with Crippen molar-refractivity contribution in [3.8, 4) is 0 Å². The molecule has 0 bridgehead atoms. The quantitative estimate of drug-likeness (QED) is 0.561. The Balaban J connectivity index is 1.60. The van der Waals surface area contributed by atoms with E-state index >= 15 is 0 Å². The van der Waals surface area contributed by atoms with Gasteiger partial charge in [0.1, 0.15) is 11.2 Å². The Bertz CT molecular complexity index is 141. The molecule has 0 saturated carbocycles. The molecule has 3 heteroatoms. The van der Waals surface area contributed by atoms with Gasteiger partial charge in [0, 0.05) is 0 Å². The summed E-state index contributed by atoms with van der Waals surface area (Å²) in [6, 6.07) is 0. The van der Waals surface area contributed by atoms with Crippen molar-refractivity contribution >= 4 is 0 Å². The minimum Gasteiger partial charge on any atom is -0.375 e. The van der Waals surface area contributed by atoms with E-state index in [1.807, 2.05) is 0 Å². The highest BCUT2D eigenvalue weighted by atomic mass is 16.6. The first-order valence-corrected chi connectivity index (χ1v) is 3.98. The zero-order valence-corrected chi connectivity index (χ0v) is 7.05. The Kier molecular flexibility index (Phi) is 1.50. The molecular weight excluding hydrogens is 144 g/mol. The Morgan fingerprint density at radius 1 is 1.09 bits per heavy atom. The molecule has 0 amide bonds. The van der Waals surface area contributed by atoms with E-state index in [1.165, 1.54) is 0 Å². The van der Waals surface area contributed by atoms with Crippen LogP contribution < -0.4 is 0 Å². The highest BCUT2D eigenvalue weighted by Crippen LogP contribution is 2.29. The van der Waals surface area contributed by atoms with E-state index < -0.39 is 0 Å². The molecule has 64 valence electrons. The number of hydrogen-bond donors (Lipinski definition) is 0. The van der Waals surface area contributed by atoms with Crippen molar-refractivity contribution in [2.24, 2.45) is 0 Å². The fourth-order valence-corrected chi connectivity index (χ4v) is 0.896. The maximum atomic E-state index is 5.44. The lowest BCUT2D eigenvalue weighted by Crippen LogP contribution is -2.21. The first kappa shape index (κ1) is 7.53. The normalized spacial score (nSPS) is 47.5. The van der Waals surface area contributed by atoms with Crippen molar-refractivity contribution in [3.05, 3.63) is 0 Å². The lowest BCUT2D eigenvalue weighted by molar-refractivity contribution is 0.0520. The van der Waals surface area contributed by atoms with Crippen LogP contribution >= 0.6 is 0 Å². The van der Waals surface area contributed by atoms with Gasteiger partial charge in [-0.25, -0.2) is 0 Å². The van der Waals surface area contributed by atoms with Crippen LogP contribution in [0.15, 0.2) is 0 Å². The monoisotopic (exact) mass is 158 g/mol. The van der Waals surface area contributed by atoms with Gasteiger partial charge in [-0.05, 0) is 13.8 Å². The second kappa shape index (κ2) is 2.19. The fourth-order valence-electron chi connectivity index (χ4n) is 0.896. The Morgan fingerprint density at radius 3 is 1.73 bits per heavy atom. The molecule has 0 radical (unpaired) electrons. The molecule has 2 fully saturated rings. The van der Waals surface area contributed by atoms with Crippen molar-refractivity contribution in [2.75, 3.05) is 26.4 Å². The standard InChI is InChI=1S/C8H14O3/c1-7(5-10-7)3-9-4-8(2)6-11-8/h3-6H2,1-2H3/t7-,8-/m0/s1. The third-order valence-corrected chi connectivity index (χ3v) is 2.09.